The van der Waals surface area contributed by atoms with Crippen molar-refractivity contribution in [1.82, 2.24) is 20.8 Å². The molecule has 1 aromatic heterocycles. The topological polar surface area (TPSA) is 125 Å². The van der Waals surface area contributed by atoms with Gasteiger partial charge in [0, 0.05) is 19.0 Å². The zero-order valence-corrected chi connectivity index (χ0v) is 22.8. The molecule has 0 spiro atoms. The Morgan fingerprint density at radius 2 is 1.47 bits per heavy atom. The molecule has 0 bridgehead atoms. The van der Waals surface area contributed by atoms with Crippen LogP contribution in [0.2, 0.25) is 0 Å². The van der Waals surface area contributed by atoms with Gasteiger partial charge in [0.15, 0.2) is 6.61 Å². The fraction of sp³-hybridized carbons (Fsp3) is 0.429. The predicted molar refractivity (Wildman–Crippen MR) is 141 cm³/mol. The Bertz CT molecular complexity index is 1200. The predicted octanol–water partition coefficient (Wildman–Crippen LogP) is 4.63. The van der Waals surface area contributed by atoms with Crippen molar-refractivity contribution in [2.75, 3.05) is 20.2 Å². The molecule has 10 heteroatoms. The molecule has 2 amide bonds. The Morgan fingerprint density at radius 3 is 2.03 bits per heavy atom. The average Bonchev–Trinajstić information content (AvgIpc) is 3.35. The highest BCUT2D eigenvalue weighted by Crippen LogP contribution is 2.33. The highest BCUT2D eigenvalue weighted by Gasteiger charge is 2.23. The molecule has 0 aliphatic carbocycles. The summed E-state index contributed by atoms with van der Waals surface area (Å²) in [5, 5.41) is 8.78. The first-order chi connectivity index (χ1) is 18.0. The van der Waals surface area contributed by atoms with E-state index < -0.39 is 17.6 Å². The third kappa shape index (κ3) is 8.22. The SMILES string of the molecule is CNC(=O)c1noc(COc2ccc(C(C)(C)c3ccc(OCCCNC(=O)OC(C)(C)C)cc3)cc2)n1. The Hall–Kier alpha value is -4.08. The number of nitrogens with zero attached hydrogens (tertiary/aromatic N) is 2. The van der Waals surface area contributed by atoms with E-state index in [1.807, 2.05) is 57.2 Å². The molecule has 204 valence electrons. The number of hydrogen-bond donors (Lipinski definition) is 2. The van der Waals surface area contributed by atoms with Gasteiger partial charge >= 0.3 is 6.09 Å². The van der Waals surface area contributed by atoms with Crippen LogP contribution in [-0.2, 0) is 16.8 Å². The van der Waals surface area contributed by atoms with Gasteiger partial charge in [-0.2, -0.15) is 4.98 Å². The minimum absolute atomic E-state index is 0.0326. The fourth-order valence-corrected chi connectivity index (χ4v) is 3.53. The van der Waals surface area contributed by atoms with Crippen LogP contribution < -0.4 is 20.1 Å². The van der Waals surface area contributed by atoms with Crippen molar-refractivity contribution in [2.24, 2.45) is 0 Å². The van der Waals surface area contributed by atoms with Gasteiger partial charge in [0.05, 0.1) is 6.61 Å². The fourth-order valence-electron chi connectivity index (χ4n) is 3.53. The standard InChI is InChI=1S/C28H36N4O6/c1-27(2,3)37-26(34)30-16-7-17-35-21-12-8-19(9-13-21)28(4,5)20-10-14-22(15-11-20)36-18-23-31-24(32-38-23)25(33)29-6/h8-15H,7,16-18H2,1-6H3,(H,29,33)(H,30,34). The molecule has 38 heavy (non-hydrogen) atoms. The van der Waals surface area contributed by atoms with Crippen LogP contribution in [0.3, 0.4) is 0 Å². The second-order valence-electron chi connectivity index (χ2n) is 10.2. The summed E-state index contributed by atoms with van der Waals surface area (Å²) in [6.45, 7) is 10.8. The third-order valence-corrected chi connectivity index (χ3v) is 5.67. The van der Waals surface area contributed by atoms with Crippen molar-refractivity contribution in [2.45, 2.75) is 58.7 Å². The molecule has 2 aromatic carbocycles. The molecule has 2 N–H and O–H groups in total. The second kappa shape index (κ2) is 12.4. The summed E-state index contributed by atoms with van der Waals surface area (Å²) >= 11 is 0. The summed E-state index contributed by atoms with van der Waals surface area (Å²) < 4.78 is 21.8. The van der Waals surface area contributed by atoms with Gasteiger partial charge < -0.3 is 29.4 Å². The Labute approximate surface area is 223 Å². The first-order valence-corrected chi connectivity index (χ1v) is 12.5. The minimum atomic E-state index is -0.512. The number of hydrogen-bond acceptors (Lipinski definition) is 8. The van der Waals surface area contributed by atoms with E-state index in [2.05, 4.69) is 46.8 Å². The number of alkyl carbamates (subject to hydrolysis) is 1. The number of carbonyl (C=O) groups is 2. The van der Waals surface area contributed by atoms with Gasteiger partial charge in [-0.3, -0.25) is 4.79 Å². The number of nitrogens with one attached hydrogen (secondary N) is 2. The van der Waals surface area contributed by atoms with Crippen molar-refractivity contribution in [1.29, 1.82) is 0 Å². The number of ether oxygens (including phenoxy) is 3. The number of carbonyl (C=O) groups excluding carboxylic acids is 2. The third-order valence-electron chi connectivity index (χ3n) is 5.67. The van der Waals surface area contributed by atoms with E-state index in [0.29, 0.717) is 25.3 Å². The Kier molecular flexibility index (Phi) is 9.33. The monoisotopic (exact) mass is 524 g/mol. The van der Waals surface area contributed by atoms with Crippen LogP contribution in [0.4, 0.5) is 4.79 Å². The first-order valence-electron chi connectivity index (χ1n) is 12.5. The van der Waals surface area contributed by atoms with Gasteiger partial charge in [-0.05, 0) is 62.6 Å². The van der Waals surface area contributed by atoms with Crippen molar-refractivity contribution in [3.63, 3.8) is 0 Å². The molecule has 0 atom stereocenters. The summed E-state index contributed by atoms with van der Waals surface area (Å²) in [4.78, 5) is 27.2. The largest absolute Gasteiger partial charge is 0.494 e. The Morgan fingerprint density at radius 1 is 0.895 bits per heavy atom. The molecule has 0 saturated heterocycles. The maximum atomic E-state index is 11.7. The summed E-state index contributed by atoms with van der Waals surface area (Å²) in [5.74, 6) is 1.18. The Balaban J connectivity index is 1.48. The zero-order valence-electron chi connectivity index (χ0n) is 22.8. The molecule has 0 saturated carbocycles. The molecule has 10 nitrogen and oxygen atoms in total. The molecule has 0 unspecified atom stereocenters. The van der Waals surface area contributed by atoms with Gasteiger partial charge in [-0.15, -0.1) is 0 Å². The first kappa shape index (κ1) is 28.5. The molecule has 1 heterocycles. The lowest BCUT2D eigenvalue weighted by Gasteiger charge is -2.26. The highest BCUT2D eigenvalue weighted by atomic mass is 16.6. The van der Waals surface area contributed by atoms with E-state index in [1.54, 1.807) is 0 Å². The quantitative estimate of drug-likeness (QED) is 0.348. The number of rotatable bonds is 11. The van der Waals surface area contributed by atoms with Crippen LogP contribution in [-0.4, -0.2) is 47.9 Å². The van der Waals surface area contributed by atoms with Gasteiger partial charge in [0.2, 0.25) is 0 Å². The van der Waals surface area contributed by atoms with E-state index in [1.165, 1.54) is 7.05 Å². The molecular weight excluding hydrogens is 488 g/mol. The van der Waals surface area contributed by atoms with Crippen molar-refractivity contribution in [3.05, 3.63) is 71.4 Å². The summed E-state index contributed by atoms with van der Waals surface area (Å²) in [7, 11) is 1.50. The molecule has 0 radical (unpaired) electrons. The second-order valence-corrected chi connectivity index (χ2v) is 10.2. The number of amides is 2. The minimum Gasteiger partial charge on any atom is -0.494 e. The van der Waals surface area contributed by atoms with Gasteiger partial charge in [-0.1, -0.05) is 43.3 Å². The number of benzene rings is 2. The van der Waals surface area contributed by atoms with Crippen LogP contribution in [0.15, 0.2) is 53.1 Å². The van der Waals surface area contributed by atoms with E-state index in [-0.39, 0.29) is 23.7 Å². The summed E-state index contributed by atoms with van der Waals surface area (Å²) in [6.07, 6.45) is 0.245. The van der Waals surface area contributed by atoms with E-state index in [4.69, 9.17) is 18.7 Å². The lowest BCUT2D eigenvalue weighted by molar-refractivity contribution is 0.0525. The average molecular weight is 525 g/mol. The molecule has 0 aliphatic heterocycles. The van der Waals surface area contributed by atoms with Gasteiger partial charge in [0.25, 0.3) is 17.6 Å². The van der Waals surface area contributed by atoms with Crippen molar-refractivity contribution >= 4 is 12.0 Å². The van der Waals surface area contributed by atoms with Crippen LogP contribution >= 0.6 is 0 Å². The van der Waals surface area contributed by atoms with Crippen LogP contribution in [0.5, 0.6) is 11.5 Å². The molecule has 0 fully saturated rings. The maximum absolute atomic E-state index is 11.7. The lowest BCUT2D eigenvalue weighted by atomic mass is 9.78. The number of aromatic nitrogens is 2. The van der Waals surface area contributed by atoms with Gasteiger partial charge in [0.1, 0.15) is 17.1 Å². The van der Waals surface area contributed by atoms with Crippen LogP contribution in [0.25, 0.3) is 0 Å². The molecular formula is C28H36N4O6. The van der Waals surface area contributed by atoms with Gasteiger partial charge in [-0.25, -0.2) is 4.79 Å². The summed E-state index contributed by atoms with van der Waals surface area (Å²) in [6, 6.07) is 15.8. The highest BCUT2D eigenvalue weighted by molar-refractivity contribution is 5.89. The summed E-state index contributed by atoms with van der Waals surface area (Å²) in [5.41, 5.74) is 1.50. The molecule has 0 aliphatic rings. The maximum Gasteiger partial charge on any atom is 0.407 e. The van der Waals surface area contributed by atoms with Crippen molar-refractivity contribution < 1.29 is 28.3 Å². The zero-order chi connectivity index (χ0) is 27.8. The smallest absolute Gasteiger partial charge is 0.407 e. The molecule has 3 aromatic rings. The molecule has 3 rings (SSSR count). The van der Waals surface area contributed by atoms with E-state index >= 15 is 0 Å². The van der Waals surface area contributed by atoms with Crippen molar-refractivity contribution in [3.8, 4) is 11.5 Å². The van der Waals surface area contributed by atoms with E-state index in [9.17, 15) is 9.59 Å². The van der Waals surface area contributed by atoms with Crippen LogP contribution in [0.1, 0.15) is 68.7 Å². The van der Waals surface area contributed by atoms with E-state index in [0.717, 1.165) is 16.9 Å². The normalized spacial score (nSPS) is 11.5. The van der Waals surface area contributed by atoms with Crippen LogP contribution in [0, 0.1) is 0 Å². The lowest BCUT2D eigenvalue weighted by Crippen LogP contribution is -2.33.